The highest BCUT2D eigenvalue weighted by atomic mass is 32.2. The molecule has 0 aliphatic carbocycles. The number of rotatable bonds is 7. The van der Waals surface area contributed by atoms with Gasteiger partial charge in [0, 0.05) is 16.3 Å². The highest BCUT2D eigenvalue weighted by molar-refractivity contribution is 8.00. The lowest BCUT2D eigenvalue weighted by atomic mass is 10.2. The molecule has 1 aliphatic rings. The Morgan fingerprint density at radius 3 is 2.24 bits per heavy atom. The van der Waals surface area contributed by atoms with Crippen LogP contribution in [-0.4, -0.2) is 26.4 Å². The molecule has 0 saturated heterocycles. The molecule has 4 aromatic rings. The first-order chi connectivity index (χ1) is 16.6. The van der Waals surface area contributed by atoms with Crippen LogP contribution in [0, 0.1) is 6.92 Å². The van der Waals surface area contributed by atoms with Crippen LogP contribution in [-0.2, 0) is 17.9 Å². The van der Waals surface area contributed by atoms with Crippen molar-refractivity contribution in [1.82, 2.24) is 14.8 Å². The number of ether oxygens (including phenoxy) is 1. The SMILES string of the molecule is CCn1c(COc2ccc(C)cc2)nnc1SCC(=O)N1c2ccccc2Sc2ccccc21. The van der Waals surface area contributed by atoms with Crippen LogP contribution in [0.5, 0.6) is 5.75 Å². The zero-order valence-electron chi connectivity index (χ0n) is 19.0. The molecule has 1 aliphatic heterocycles. The summed E-state index contributed by atoms with van der Waals surface area (Å²) in [6, 6.07) is 24.0. The summed E-state index contributed by atoms with van der Waals surface area (Å²) < 4.78 is 7.89. The van der Waals surface area contributed by atoms with E-state index in [1.807, 2.05) is 84.0 Å². The maximum absolute atomic E-state index is 13.5. The van der Waals surface area contributed by atoms with E-state index < -0.39 is 0 Å². The maximum Gasteiger partial charge on any atom is 0.242 e. The highest BCUT2D eigenvalue weighted by Gasteiger charge is 2.28. The van der Waals surface area contributed by atoms with Crippen LogP contribution >= 0.6 is 23.5 Å². The fraction of sp³-hybridized carbons (Fsp3) is 0.192. The van der Waals surface area contributed by atoms with Crippen LogP contribution in [0.25, 0.3) is 0 Å². The number of carbonyl (C=O) groups is 1. The van der Waals surface area contributed by atoms with Gasteiger partial charge in [-0.3, -0.25) is 9.69 Å². The van der Waals surface area contributed by atoms with Crippen LogP contribution in [0.4, 0.5) is 11.4 Å². The minimum atomic E-state index is 0.00769. The quantitative estimate of drug-likeness (QED) is 0.293. The Hall–Kier alpha value is -3.23. The van der Waals surface area contributed by atoms with E-state index in [0.717, 1.165) is 32.7 Å². The van der Waals surface area contributed by atoms with Crippen molar-refractivity contribution in [2.45, 2.75) is 41.9 Å². The Kier molecular flexibility index (Phi) is 6.60. The molecule has 3 aromatic carbocycles. The van der Waals surface area contributed by atoms with E-state index in [1.165, 1.54) is 17.3 Å². The monoisotopic (exact) mass is 488 g/mol. The van der Waals surface area contributed by atoms with Crippen molar-refractivity contribution in [3.05, 3.63) is 84.2 Å². The van der Waals surface area contributed by atoms with Crippen LogP contribution in [0.1, 0.15) is 18.3 Å². The van der Waals surface area contributed by atoms with E-state index >= 15 is 0 Å². The summed E-state index contributed by atoms with van der Waals surface area (Å²) in [4.78, 5) is 17.4. The third-order valence-corrected chi connectivity index (χ3v) is 7.59. The van der Waals surface area contributed by atoms with Gasteiger partial charge in [-0.25, -0.2) is 0 Å². The predicted molar refractivity (Wildman–Crippen MR) is 136 cm³/mol. The summed E-state index contributed by atoms with van der Waals surface area (Å²) in [6.45, 7) is 5.10. The summed E-state index contributed by atoms with van der Waals surface area (Å²) >= 11 is 3.09. The average Bonchev–Trinajstić information content (AvgIpc) is 3.27. The average molecular weight is 489 g/mol. The van der Waals surface area contributed by atoms with E-state index in [9.17, 15) is 4.79 Å². The van der Waals surface area contributed by atoms with Gasteiger partial charge in [0.15, 0.2) is 11.0 Å². The number of thioether (sulfide) groups is 1. The molecule has 0 spiro atoms. The molecule has 0 radical (unpaired) electrons. The third kappa shape index (κ3) is 4.56. The fourth-order valence-electron chi connectivity index (χ4n) is 3.80. The standard InChI is InChI=1S/C26H24N4O2S2/c1-3-29-24(16-32-19-14-12-18(2)13-15-19)27-28-26(29)33-17-25(31)30-20-8-4-6-10-22(20)34-23-11-7-5-9-21(23)30/h4-15H,3,16-17H2,1-2H3. The van der Waals surface area contributed by atoms with Gasteiger partial charge in [0.25, 0.3) is 0 Å². The Morgan fingerprint density at radius 2 is 1.59 bits per heavy atom. The summed E-state index contributed by atoms with van der Waals surface area (Å²) in [5.41, 5.74) is 3.02. The Morgan fingerprint density at radius 1 is 0.941 bits per heavy atom. The van der Waals surface area contributed by atoms with Crippen molar-refractivity contribution < 1.29 is 9.53 Å². The summed E-state index contributed by atoms with van der Waals surface area (Å²) in [5, 5.41) is 9.38. The number of aryl methyl sites for hydroxylation is 1. The molecule has 2 heterocycles. The van der Waals surface area contributed by atoms with Crippen LogP contribution in [0.3, 0.4) is 0 Å². The highest BCUT2D eigenvalue weighted by Crippen LogP contribution is 2.48. The molecule has 8 heteroatoms. The number of benzene rings is 3. The maximum atomic E-state index is 13.5. The van der Waals surface area contributed by atoms with Crippen molar-refractivity contribution in [2.24, 2.45) is 0 Å². The van der Waals surface area contributed by atoms with Crippen LogP contribution in [0.15, 0.2) is 87.7 Å². The smallest absolute Gasteiger partial charge is 0.242 e. The van der Waals surface area contributed by atoms with Gasteiger partial charge in [0.05, 0.1) is 17.1 Å². The lowest BCUT2D eigenvalue weighted by Gasteiger charge is -2.30. The molecule has 5 rings (SSSR count). The van der Waals surface area contributed by atoms with Crippen molar-refractivity contribution in [3.63, 3.8) is 0 Å². The van der Waals surface area contributed by atoms with Crippen LogP contribution < -0.4 is 9.64 Å². The zero-order valence-corrected chi connectivity index (χ0v) is 20.6. The van der Waals surface area contributed by atoms with Crippen molar-refractivity contribution in [1.29, 1.82) is 0 Å². The molecule has 34 heavy (non-hydrogen) atoms. The first-order valence-corrected chi connectivity index (χ1v) is 12.9. The van der Waals surface area contributed by atoms with Gasteiger partial charge in [0.1, 0.15) is 12.4 Å². The molecule has 1 aromatic heterocycles. The van der Waals surface area contributed by atoms with Crippen molar-refractivity contribution in [3.8, 4) is 5.75 Å². The van der Waals surface area contributed by atoms with Crippen molar-refractivity contribution in [2.75, 3.05) is 10.7 Å². The summed E-state index contributed by atoms with van der Waals surface area (Å²) in [7, 11) is 0. The largest absolute Gasteiger partial charge is 0.486 e. The molecular formula is C26H24N4O2S2. The Labute approximate surface area is 207 Å². The normalized spacial score (nSPS) is 12.2. The number of aromatic nitrogens is 3. The number of hydrogen-bond acceptors (Lipinski definition) is 6. The first-order valence-electron chi connectivity index (χ1n) is 11.1. The molecule has 0 unspecified atom stereocenters. The lowest BCUT2D eigenvalue weighted by Crippen LogP contribution is -2.30. The topological polar surface area (TPSA) is 60.2 Å². The second-order valence-electron chi connectivity index (χ2n) is 7.80. The number of carbonyl (C=O) groups excluding carboxylic acids is 1. The molecule has 0 atom stereocenters. The zero-order chi connectivity index (χ0) is 23.5. The lowest BCUT2D eigenvalue weighted by molar-refractivity contribution is -0.115. The van der Waals surface area contributed by atoms with Gasteiger partial charge in [-0.2, -0.15) is 0 Å². The number of nitrogens with zero attached hydrogens (tertiary/aromatic N) is 4. The van der Waals surface area contributed by atoms with Crippen molar-refractivity contribution >= 4 is 40.8 Å². The van der Waals surface area contributed by atoms with E-state index in [-0.39, 0.29) is 11.7 Å². The van der Waals surface area contributed by atoms with E-state index in [4.69, 9.17) is 4.74 Å². The minimum Gasteiger partial charge on any atom is -0.486 e. The second kappa shape index (κ2) is 9.95. The van der Waals surface area contributed by atoms with Gasteiger partial charge < -0.3 is 9.30 Å². The van der Waals surface area contributed by atoms with Gasteiger partial charge in [0.2, 0.25) is 5.91 Å². The molecular weight excluding hydrogens is 464 g/mol. The number of anilines is 2. The van der Waals surface area contributed by atoms with Gasteiger partial charge in [-0.1, -0.05) is 65.5 Å². The predicted octanol–water partition coefficient (Wildman–Crippen LogP) is 6.11. The fourth-order valence-corrected chi connectivity index (χ4v) is 5.73. The number of amides is 1. The Balaban J connectivity index is 1.31. The molecule has 0 N–H and O–H groups in total. The molecule has 1 amide bonds. The third-order valence-electron chi connectivity index (χ3n) is 5.50. The van der Waals surface area contributed by atoms with E-state index in [2.05, 4.69) is 22.3 Å². The van der Waals surface area contributed by atoms with Crippen LogP contribution in [0.2, 0.25) is 0 Å². The van der Waals surface area contributed by atoms with Gasteiger partial charge in [-0.15, -0.1) is 10.2 Å². The second-order valence-corrected chi connectivity index (χ2v) is 9.83. The van der Waals surface area contributed by atoms with Gasteiger partial charge >= 0.3 is 0 Å². The van der Waals surface area contributed by atoms with E-state index in [1.54, 1.807) is 11.8 Å². The molecule has 0 fully saturated rings. The van der Waals surface area contributed by atoms with Gasteiger partial charge in [-0.05, 0) is 50.2 Å². The summed E-state index contributed by atoms with van der Waals surface area (Å²) in [6.07, 6.45) is 0. The first kappa shape index (κ1) is 22.6. The molecule has 0 saturated carbocycles. The minimum absolute atomic E-state index is 0.00769. The molecule has 6 nitrogen and oxygen atoms in total. The molecule has 172 valence electrons. The number of fused-ring (bicyclic) bond motifs is 2. The number of para-hydroxylation sites is 2. The number of hydrogen-bond donors (Lipinski definition) is 0. The molecule has 0 bridgehead atoms. The summed E-state index contributed by atoms with van der Waals surface area (Å²) in [5.74, 6) is 1.79. The van der Waals surface area contributed by atoms with E-state index in [0.29, 0.717) is 18.3 Å². The Bertz CT molecular complexity index is 1280.